The summed E-state index contributed by atoms with van der Waals surface area (Å²) in [5.74, 6) is 1.58. The SMILES string of the molecule is CCC(N)(CC)CNC(=O)CC1CCC(C)C1.Cl. The molecule has 1 rings (SSSR count). The highest BCUT2D eigenvalue weighted by atomic mass is 35.5. The molecule has 3 N–H and O–H groups in total. The lowest BCUT2D eigenvalue weighted by atomic mass is 9.94. The molecule has 3 nitrogen and oxygen atoms in total. The molecule has 18 heavy (non-hydrogen) atoms. The summed E-state index contributed by atoms with van der Waals surface area (Å²) in [6, 6.07) is 0. The molecule has 108 valence electrons. The molecule has 0 radical (unpaired) electrons. The Morgan fingerprint density at radius 3 is 2.39 bits per heavy atom. The van der Waals surface area contributed by atoms with E-state index in [1.807, 2.05) is 0 Å². The van der Waals surface area contributed by atoms with Gasteiger partial charge >= 0.3 is 0 Å². The van der Waals surface area contributed by atoms with E-state index in [1.54, 1.807) is 0 Å². The minimum absolute atomic E-state index is 0. The van der Waals surface area contributed by atoms with E-state index in [4.69, 9.17) is 5.73 Å². The number of hydrogen-bond acceptors (Lipinski definition) is 2. The maximum atomic E-state index is 11.8. The molecule has 2 atom stereocenters. The van der Waals surface area contributed by atoms with E-state index < -0.39 is 0 Å². The fourth-order valence-corrected chi connectivity index (χ4v) is 2.62. The van der Waals surface area contributed by atoms with Crippen molar-refractivity contribution in [3.05, 3.63) is 0 Å². The van der Waals surface area contributed by atoms with Crippen LogP contribution in [0.3, 0.4) is 0 Å². The van der Waals surface area contributed by atoms with Gasteiger partial charge in [0.25, 0.3) is 0 Å². The smallest absolute Gasteiger partial charge is 0.220 e. The van der Waals surface area contributed by atoms with Gasteiger partial charge in [0, 0.05) is 18.5 Å². The summed E-state index contributed by atoms with van der Waals surface area (Å²) in [5, 5.41) is 3.00. The number of carbonyl (C=O) groups is 1. The first kappa shape index (κ1) is 17.7. The molecule has 0 bridgehead atoms. The van der Waals surface area contributed by atoms with Gasteiger partial charge in [-0.2, -0.15) is 0 Å². The molecule has 0 aromatic rings. The van der Waals surface area contributed by atoms with Crippen LogP contribution < -0.4 is 11.1 Å². The third kappa shape index (κ3) is 5.57. The standard InChI is InChI=1S/C14H28N2O.ClH/c1-4-14(15,5-2)10-16-13(17)9-12-7-6-11(3)8-12;/h11-12H,4-10,15H2,1-3H3,(H,16,17);1H. The van der Waals surface area contributed by atoms with Gasteiger partial charge in [0.05, 0.1) is 0 Å². The Morgan fingerprint density at radius 1 is 1.33 bits per heavy atom. The van der Waals surface area contributed by atoms with Crippen LogP contribution in [-0.2, 0) is 4.79 Å². The molecule has 0 aromatic carbocycles. The Balaban J connectivity index is 0.00000289. The molecular formula is C14H29ClN2O. The van der Waals surface area contributed by atoms with Crippen molar-refractivity contribution in [3.63, 3.8) is 0 Å². The Bertz CT molecular complexity index is 254. The topological polar surface area (TPSA) is 55.1 Å². The van der Waals surface area contributed by atoms with E-state index in [1.165, 1.54) is 19.3 Å². The van der Waals surface area contributed by atoms with Crippen LogP contribution in [0, 0.1) is 11.8 Å². The number of nitrogens with one attached hydrogen (secondary N) is 1. The van der Waals surface area contributed by atoms with Crippen LogP contribution in [0.2, 0.25) is 0 Å². The van der Waals surface area contributed by atoms with E-state index in [2.05, 4.69) is 26.1 Å². The van der Waals surface area contributed by atoms with Crippen molar-refractivity contribution in [2.75, 3.05) is 6.54 Å². The lowest BCUT2D eigenvalue weighted by molar-refractivity contribution is -0.122. The van der Waals surface area contributed by atoms with E-state index in [-0.39, 0.29) is 23.9 Å². The fourth-order valence-electron chi connectivity index (χ4n) is 2.62. The normalized spacial score (nSPS) is 23.6. The van der Waals surface area contributed by atoms with Gasteiger partial charge in [0.2, 0.25) is 5.91 Å². The maximum Gasteiger partial charge on any atom is 0.220 e. The average Bonchev–Trinajstić information content (AvgIpc) is 2.72. The van der Waals surface area contributed by atoms with Crippen LogP contribution in [-0.4, -0.2) is 18.0 Å². The summed E-state index contributed by atoms with van der Waals surface area (Å²) in [6.45, 7) is 7.04. The van der Waals surface area contributed by atoms with Gasteiger partial charge in [-0.25, -0.2) is 0 Å². The molecule has 1 aliphatic rings. The first-order chi connectivity index (χ1) is 7.99. The Morgan fingerprint density at radius 2 is 1.94 bits per heavy atom. The largest absolute Gasteiger partial charge is 0.354 e. The van der Waals surface area contributed by atoms with E-state index in [0.717, 1.165) is 18.8 Å². The van der Waals surface area contributed by atoms with Crippen molar-refractivity contribution >= 4 is 18.3 Å². The van der Waals surface area contributed by atoms with Crippen molar-refractivity contribution in [2.45, 2.75) is 64.8 Å². The fraction of sp³-hybridized carbons (Fsp3) is 0.929. The minimum atomic E-state index is -0.224. The quantitative estimate of drug-likeness (QED) is 0.784. The molecule has 1 aliphatic carbocycles. The highest BCUT2D eigenvalue weighted by Gasteiger charge is 2.25. The highest BCUT2D eigenvalue weighted by molar-refractivity contribution is 5.85. The zero-order valence-electron chi connectivity index (χ0n) is 12.0. The zero-order valence-corrected chi connectivity index (χ0v) is 12.8. The van der Waals surface area contributed by atoms with Gasteiger partial charge < -0.3 is 11.1 Å². The van der Waals surface area contributed by atoms with Crippen LogP contribution in [0.15, 0.2) is 0 Å². The Kier molecular flexibility index (Phi) is 7.88. The number of halogens is 1. The summed E-state index contributed by atoms with van der Waals surface area (Å²) >= 11 is 0. The van der Waals surface area contributed by atoms with Gasteiger partial charge in [0.1, 0.15) is 0 Å². The number of amides is 1. The zero-order chi connectivity index (χ0) is 12.9. The molecule has 0 aliphatic heterocycles. The highest BCUT2D eigenvalue weighted by Crippen LogP contribution is 2.32. The van der Waals surface area contributed by atoms with Crippen molar-refractivity contribution in [2.24, 2.45) is 17.6 Å². The van der Waals surface area contributed by atoms with Crippen molar-refractivity contribution < 1.29 is 4.79 Å². The molecule has 1 fully saturated rings. The predicted molar refractivity (Wildman–Crippen MR) is 78.9 cm³/mol. The van der Waals surface area contributed by atoms with Gasteiger partial charge in [-0.15, -0.1) is 12.4 Å². The van der Waals surface area contributed by atoms with Crippen molar-refractivity contribution in [1.29, 1.82) is 0 Å². The Hall–Kier alpha value is -0.280. The van der Waals surface area contributed by atoms with E-state index in [0.29, 0.717) is 18.9 Å². The van der Waals surface area contributed by atoms with Crippen LogP contribution >= 0.6 is 12.4 Å². The number of rotatable bonds is 6. The number of nitrogens with two attached hydrogens (primary N) is 1. The van der Waals surface area contributed by atoms with Crippen LogP contribution in [0.4, 0.5) is 0 Å². The molecule has 1 saturated carbocycles. The van der Waals surface area contributed by atoms with Crippen molar-refractivity contribution in [1.82, 2.24) is 5.32 Å². The molecule has 0 aromatic heterocycles. The van der Waals surface area contributed by atoms with E-state index >= 15 is 0 Å². The van der Waals surface area contributed by atoms with Crippen LogP contribution in [0.1, 0.15) is 59.3 Å². The third-order valence-electron chi connectivity index (χ3n) is 4.32. The van der Waals surface area contributed by atoms with Crippen LogP contribution in [0.25, 0.3) is 0 Å². The summed E-state index contributed by atoms with van der Waals surface area (Å²) in [7, 11) is 0. The molecule has 0 spiro atoms. The van der Waals surface area contributed by atoms with Gasteiger partial charge in [0.15, 0.2) is 0 Å². The summed E-state index contributed by atoms with van der Waals surface area (Å²) < 4.78 is 0. The average molecular weight is 277 g/mol. The summed E-state index contributed by atoms with van der Waals surface area (Å²) in [6.07, 6.45) is 6.21. The van der Waals surface area contributed by atoms with Gasteiger partial charge in [-0.1, -0.05) is 27.2 Å². The third-order valence-corrected chi connectivity index (χ3v) is 4.32. The Labute approximate surface area is 118 Å². The first-order valence-corrected chi connectivity index (χ1v) is 7.04. The summed E-state index contributed by atoms with van der Waals surface area (Å²) in [5.41, 5.74) is 5.94. The lowest BCUT2D eigenvalue weighted by Gasteiger charge is -2.27. The van der Waals surface area contributed by atoms with Crippen molar-refractivity contribution in [3.8, 4) is 0 Å². The molecule has 1 amide bonds. The second-order valence-corrected chi connectivity index (χ2v) is 5.83. The maximum absolute atomic E-state index is 11.8. The number of carbonyl (C=O) groups excluding carboxylic acids is 1. The second kappa shape index (κ2) is 8.00. The molecular weight excluding hydrogens is 248 g/mol. The predicted octanol–water partition coefficient (Wildman–Crippen LogP) is 2.87. The molecule has 0 saturated heterocycles. The molecule has 0 heterocycles. The van der Waals surface area contributed by atoms with E-state index in [9.17, 15) is 4.79 Å². The van der Waals surface area contributed by atoms with Gasteiger partial charge in [-0.05, 0) is 37.5 Å². The monoisotopic (exact) mass is 276 g/mol. The van der Waals surface area contributed by atoms with Crippen LogP contribution in [0.5, 0.6) is 0 Å². The number of hydrogen-bond donors (Lipinski definition) is 2. The molecule has 4 heteroatoms. The lowest BCUT2D eigenvalue weighted by Crippen LogP contribution is -2.49. The minimum Gasteiger partial charge on any atom is -0.354 e. The summed E-state index contributed by atoms with van der Waals surface area (Å²) in [4.78, 5) is 11.8. The second-order valence-electron chi connectivity index (χ2n) is 5.83. The van der Waals surface area contributed by atoms with Gasteiger partial charge in [-0.3, -0.25) is 4.79 Å². The first-order valence-electron chi connectivity index (χ1n) is 7.04. The molecule has 2 unspecified atom stereocenters.